The lowest BCUT2D eigenvalue weighted by Gasteiger charge is -2.13. The summed E-state index contributed by atoms with van der Waals surface area (Å²) in [6.07, 6.45) is 0.795. The molecule has 162 valence electrons. The Hall–Kier alpha value is -3.13. The molecular weight excluding hydrogens is 410 g/mol. The van der Waals surface area contributed by atoms with Gasteiger partial charge in [-0.15, -0.1) is 10.2 Å². The molecule has 1 aromatic heterocycles. The molecule has 2 N–H and O–H groups in total. The van der Waals surface area contributed by atoms with E-state index in [1.165, 1.54) is 17.3 Å². The van der Waals surface area contributed by atoms with E-state index in [9.17, 15) is 9.59 Å². The minimum absolute atomic E-state index is 0.0498. The van der Waals surface area contributed by atoms with Crippen LogP contribution < -0.4 is 10.6 Å². The van der Waals surface area contributed by atoms with Gasteiger partial charge in [-0.1, -0.05) is 59.8 Å². The van der Waals surface area contributed by atoms with Crippen molar-refractivity contribution in [3.8, 4) is 0 Å². The molecule has 0 saturated carbocycles. The monoisotopic (exact) mass is 437 g/mol. The molecule has 2 aromatic carbocycles. The second kappa shape index (κ2) is 10.8. The van der Waals surface area contributed by atoms with E-state index in [1.807, 2.05) is 67.9 Å². The van der Waals surface area contributed by atoms with Crippen LogP contribution in [0.25, 0.3) is 0 Å². The molecule has 8 heteroatoms. The summed E-state index contributed by atoms with van der Waals surface area (Å²) < 4.78 is 1.81. The highest BCUT2D eigenvalue weighted by Crippen LogP contribution is 2.19. The molecule has 2 amide bonds. The molecule has 0 fully saturated rings. The summed E-state index contributed by atoms with van der Waals surface area (Å²) >= 11 is 1.32. The van der Waals surface area contributed by atoms with E-state index in [-0.39, 0.29) is 23.6 Å². The van der Waals surface area contributed by atoms with Crippen LogP contribution in [0, 0.1) is 6.92 Å². The maximum atomic E-state index is 12.4. The summed E-state index contributed by atoms with van der Waals surface area (Å²) in [6.45, 7) is 4.43. The fourth-order valence-corrected chi connectivity index (χ4v) is 3.80. The van der Waals surface area contributed by atoms with Gasteiger partial charge in [0, 0.05) is 19.2 Å². The van der Waals surface area contributed by atoms with Gasteiger partial charge in [0.2, 0.25) is 5.91 Å². The molecule has 0 bridgehead atoms. The highest BCUT2D eigenvalue weighted by Gasteiger charge is 2.19. The lowest BCUT2D eigenvalue weighted by atomic mass is 10.1. The van der Waals surface area contributed by atoms with Gasteiger partial charge in [0.25, 0.3) is 5.91 Å². The smallest absolute Gasteiger partial charge is 0.251 e. The van der Waals surface area contributed by atoms with Gasteiger partial charge in [0.05, 0.1) is 11.8 Å². The van der Waals surface area contributed by atoms with E-state index in [2.05, 4.69) is 20.8 Å². The van der Waals surface area contributed by atoms with Gasteiger partial charge in [0.15, 0.2) is 11.0 Å². The van der Waals surface area contributed by atoms with Crippen molar-refractivity contribution < 1.29 is 9.59 Å². The fourth-order valence-electron chi connectivity index (χ4n) is 3.05. The third kappa shape index (κ3) is 6.42. The predicted octanol–water partition coefficient (Wildman–Crippen LogP) is 3.07. The van der Waals surface area contributed by atoms with Gasteiger partial charge in [-0.25, -0.2) is 0 Å². The molecule has 3 aromatic rings. The van der Waals surface area contributed by atoms with E-state index in [4.69, 9.17) is 0 Å². The van der Waals surface area contributed by atoms with E-state index in [1.54, 1.807) is 12.1 Å². The van der Waals surface area contributed by atoms with E-state index < -0.39 is 0 Å². The number of nitrogens with one attached hydrogen (secondary N) is 2. The molecule has 31 heavy (non-hydrogen) atoms. The van der Waals surface area contributed by atoms with Crippen LogP contribution in [0.15, 0.2) is 59.8 Å². The Morgan fingerprint density at radius 2 is 1.77 bits per heavy atom. The molecule has 0 unspecified atom stereocenters. The van der Waals surface area contributed by atoms with Crippen molar-refractivity contribution in [2.75, 3.05) is 12.3 Å². The summed E-state index contributed by atoms with van der Waals surface area (Å²) in [6, 6.07) is 17.1. The Morgan fingerprint density at radius 1 is 1.06 bits per heavy atom. The van der Waals surface area contributed by atoms with Crippen molar-refractivity contribution in [3.63, 3.8) is 0 Å². The zero-order valence-corrected chi connectivity index (χ0v) is 18.8. The highest BCUT2D eigenvalue weighted by molar-refractivity contribution is 7.99. The average molecular weight is 438 g/mol. The number of hydrogen-bond acceptors (Lipinski definition) is 5. The first-order valence-corrected chi connectivity index (χ1v) is 11.1. The number of carbonyl (C=O) groups excluding carboxylic acids is 2. The topological polar surface area (TPSA) is 88.9 Å². The van der Waals surface area contributed by atoms with Gasteiger partial charge in [-0.3, -0.25) is 9.59 Å². The highest BCUT2D eigenvalue weighted by atomic mass is 32.2. The van der Waals surface area contributed by atoms with E-state index >= 15 is 0 Å². The Balaban J connectivity index is 1.48. The van der Waals surface area contributed by atoms with Crippen LogP contribution in [0.5, 0.6) is 0 Å². The molecule has 7 nitrogen and oxygen atoms in total. The number of hydrogen-bond donors (Lipinski definition) is 2. The third-order valence-corrected chi connectivity index (χ3v) is 5.85. The summed E-state index contributed by atoms with van der Waals surface area (Å²) in [5.41, 5.74) is 2.89. The van der Waals surface area contributed by atoms with Crippen LogP contribution in [0.1, 0.15) is 40.3 Å². The second-order valence-electron chi connectivity index (χ2n) is 7.34. The first-order chi connectivity index (χ1) is 14.9. The summed E-state index contributed by atoms with van der Waals surface area (Å²) in [5.74, 6) is 0.673. The molecule has 1 heterocycles. The second-order valence-corrected chi connectivity index (χ2v) is 8.28. The van der Waals surface area contributed by atoms with Crippen molar-refractivity contribution in [1.82, 2.24) is 25.4 Å². The van der Waals surface area contributed by atoms with Crippen molar-refractivity contribution in [1.29, 1.82) is 0 Å². The van der Waals surface area contributed by atoms with Crippen LogP contribution in [-0.2, 0) is 18.3 Å². The molecule has 0 aliphatic heterocycles. The average Bonchev–Trinajstić information content (AvgIpc) is 3.14. The minimum atomic E-state index is -0.319. The molecule has 0 spiro atoms. The third-order valence-electron chi connectivity index (χ3n) is 4.83. The number of amides is 2. The van der Waals surface area contributed by atoms with Crippen molar-refractivity contribution in [2.45, 2.75) is 31.5 Å². The van der Waals surface area contributed by atoms with Crippen LogP contribution in [-0.4, -0.2) is 38.9 Å². The lowest BCUT2D eigenvalue weighted by Crippen LogP contribution is -2.28. The Labute approximate surface area is 186 Å². The number of thioether (sulfide) groups is 1. The van der Waals surface area contributed by atoms with Crippen molar-refractivity contribution >= 4 is 23.6 Å². The first kappa shape index (κ1) is 22.6. The van der Waals surface area contributed by atoms with Gasteiger partial charge >= 0.3 is 0 Å². The number of rotatable bonds is 9. The van der Waals surface area contributed by atoms with Gasteiger partial charge in [-0.2, -0.15) is 0 Å². The molecule has 0 radical (unpaired) electrons. The van der Waals surface area contributed by atoms with E-state index in [0.717, 1.165) is 12.0 Å². The molecule has 3 rings (SSSR count). The summed E-state index contributed by atoms with van der Waals surface area (Å²) in [7, 11) is 1.83. The Kier molecular flexibility index (Phi) is 7.83. The van der Waals surface area contributed by atoms with Gasteiger partial charge in [0.1, 0.15) is 0 Å². The van der Waals surface area contributed by atoms with Crippen LogP contribution >= 0.6 is 11.8 Å². The molecule has 0 saturated heterocycles. The normalized spacial score (nSPS) is 11.7. The van der Waals surface area contributed by atoms with Gasteiger partial charge in [-0.05, 0) is 38.0 Å². The summed E-state index contributed by atoms with van der Waals surface area (Å²) in [4.78, 5) is 24.6. The number of carbonyl (C=O) groups is 2. The molecular formula is C23H27N5O2S. The maximum Gasteiger partial charge on any atom is 0.251 e. The number of benzene rings is 2. The first-order valence-electron chi connectivity index (χ1n) is 10.1. The number of aryl methyl sites for hydroxylation is 1. The van der Waals surface area contributed by atoms with Gasteiger partial charge < -0.3 is 15.2 Å². The quantitative estimate of drug-likeness (QED) is 0.502. The van der Waals surface area contributed by atoms with E-state index in [0.29, 0.717) is 23.1 Å². The molecule has 0 aliphatic carbocycles. The lowest BCUT2D eigenvalue weighted by molar-refractivity contribution is -0.118. The van der Waals surface area contributed by atoms with Crippen molar-refractivity contribution in [2.24, 2.45) is 7.05 Å². The Bertz CT molecular complexity index is 1020. The van der Waals surface area contributed by atoms with Crippen LogP contribution in [0.4, 0.5) is 0 Å². The Morgan fingerprint density at radius 3 is 2.48 bits per heavy atom. The zero-order chi connectivity index (χ0) is 22.2. The largest absolute Gasteiger partial charge is 0.355 e. The van der Waals surface area contributed by atoms with Crippen LogP contribution in [0.2, 0.25) is 0 Å². The number of aromatic nitrogens is 3. The predicted molar refractivity (Wildman–Crippen MR) is 122 cm³/mol. The summed E-state index contributed by atoms with van der Waals surface area (Å²) in [5, 5.41) is 14.9. The zero-order valence-electron chi connectivity index (χ0n) is 18.0. The molecule has 0 aliphatic rings. The van der Waals surface area contributed by atoms with Crippen LogP contribution in [0.3, 0.4) is 0 Å². The minimum Gasteiger partial charge on any atom is -0.355 e. The maximum absolute atomic E-state index is 12.4. The molecule has 1 atom stereocenters. The SMILES string of the molecule is Cc1ccc(C(=O)N[C@H](C)c2nnc(SCC(=O)NCCc3ccccc3)n2C)cc1. The van der Waals surface area contributed by atoms with Crippen molar-refractivity contribution in [3.05, 3.63) is 77.1 Å². The number of nitrogens with zero attached hydrogens (tertiary/aromatic N) is 3. The standard InChI is InChI=1S/C23H27N5O2S/c1-16-9-11-19(12-10-16)22(30)25-17(2)21-26-27-23(28(21)3)31-15-20(29)24-14-13-18-7-5-4-6-8-18/h4-12,17H,13-15H2,1-3H3,(H,24,29)(H,25,30)/t17-/m1/s1. The fraction of sp³-hybridized carbons (Fsp3) is 0.304.